The lowest BCUT2D eigenvalue weighted by molar-refractivity contribution is -0.452. The lowest BCUT2D eigenvalue weighted by Gasteiger charge is -2.34. The minimum absolute atomic E-state index is 0.0358. The van der Waals surface area contributed by atoms with Gasteiger partial charge in [0, 0.05) is 6.42 Å². The molecule has 1 aliphatic heterocycles. The van der Waals surface area contributed by atoms with E-state index in [9.17, 15) is 55.9 Å². The molecule has 2 fully saturated rings. The summed E-state index contributed by atoms with van der Waals surface area (Å²) >= 11 is 0. The number of hydrogen-bond acceptors (Lipinski definition) is 13. The van der Waals surface area contributed by atoms with Gasteiger partial charge in [-0.05, 0) is 17.7 Å². The third kappa shape index (κ3) is 2.86. The maximum Gasteiger partial charge on any atom is 0.284 e. The number of carbonyl (C=O) groups is 1. The Morgan fingerprint density at radius 1 is 0.900 bits per heavy atom. The highest BCUT2D eigenvalue weighted by atomic mass is 16.7. The van der Waals surface area contributed by atoms with Gasteiger partial charge in [0.05, 0.1) is 13.0 Å². The van der Waals surface area contributed by atoms with Gasteiger partial charge in [-0.3, -0.25) is 4.79 Å². The third-order valence-electron chi connectivity index (χ3n) is 5.28. The third-order valence-corrected chi connectivity index (χ3v) is 5.28. The first kappa shape index (κ1) is 22.6. The molecule has 1 atom stereocenters. The molecular formula is C16H21NO13. The van der Waals surface area contributed by atoms with E-state index in [0.29, 0.717) is 0 Å². The van der Waals surface area contributed by atoms with Crippen molar-refractivity contribution in [3.8, 4) is 11.5 Å². The van der Waals surface area contributed by atoms with Crippen molar-refractivity contribution in [2.45, 2.75) is 47.5 Å². The Hall–Kier alpha value is -2.11. The van der Waals surface area contributed by atoms with Crippen LogP contribution in [0.3, 0.4) is 0 Å². The Morgan fingerprint density at radius 3 is 1.87 bits per heavy atom. The monoisotopic (exact) mass is 435 g/mol. The Balaban J connectivity index is 2.05. The molecule has 1 aliphatic carbocycles. The molecule has 30 heavy (non-hydrogen) atoms. The molecule has 1 saturated heterocycles. The van der Waals surface area contributed by atoms with Crippen molar-refractivity contribution in [2.75, 3.05) is 7.11 Å². The van der Waals surface area contributed by atoms with Gasteiger partial charge < -0.3 is 65.9 Å². The molecule has 0 spiro atoms. The average Bonchev–Trinajstić information content (AvgIpc) is 2.93. The van der Waals surface area contributed by atoms with E-state index in [1.165, 1.54) is 12.1 Å². The zero-order valence-corrected chi connectivity index (χ0v) is 15.3. The van der Waals surface area contributed by atoms with Gasteiger partial charge in [0.25, 0.3) is 29.1 Å². The molecule has 0 bridgehead atoms. The van der Waals surface area contributed by atoms with Gasteiger partial charge in [0.1, 0.15) is 0 Å². The number of ether oxygens (including phenoxy) is 2. The topological polar surface area (TPSA) is 250 Å². The summed E-state index contributed by atoms with van der Waals surface area (Å²) < 4.78 is 10.0. The summed E-state index contributed by atoms with van der Waals surface area (Å²) in [6.07, 6.45) is -3.25. The summed E-state index contributed by atoms with van der Waals surface area (Å²) in [5.74, 6) is -21.9. The lowest BCUT2D eigenvalue weighted by atomic mass is 9.94. The van der Waals surface area contributed by atoms with Crippen LogP contribution in [0.1, 0.15) is 17.9 Å². The molecule has 1 heterocycles. The molecule has 11 N–H and O–H groups in total. The molecule has 0 radical (unpaired) electrons. The molecule has 1 aromatic carbocycles. The predicted octanol–water partition coefficient (Wildman–Crippen LogP) is -5.58. The summed E-state index contributed by atoms with van der Waals surface area (Å²) in [5, 5.41) is 101. The van der Waals surface area contributed by atoms with E-state index in [4.69, 9.17) is 9.47 Å². The standard InChI is InChI=1S/C16H21NO13/c1-29-8-3-2-6(7-5-10(18)17-14(7,23)24)4-9(8)30-11-12(19,20)15(25,26)16(27,28)13(11,21)22/h2-4,7,11,19-28H,5H2,1H3,(H,17,18). The molecule has 1 saturated carbocycles. The fourth-order valence-corrected chi connectivity index (χ4v) is 3.47. The lowest BCUT2D eigenvalue weighted by Crippen LogP contribution is -2.66. The SMILES string of the molecule is COc1ccc(C2CC(=O)NC2(O)O)cc1OC1C(O)(O)C(O)(O)C(O)(O)C1(O)O. The van der Waals surface area contributed by atoms with E-state index >= 15 is 0 Å². The van der Waals surface area contributed by atoms with Gasteiger partial charge in [-0.15, -0.1) is 0 Å². The Morgan fingerprint density at radius 2 is 1.43 bits per heavy atom. The normalized spacial score (nSPS) is 28.2. The largest absolute Gasteiger partial charge is 0.493 e. The zero-order chi connectivity index (χ0) is 22.9. The molecule has 1 unspecified atom stereocenters. The molecule has 1 amide bonds. The predicted molar refractivity (Wildman–Crippen MR) is 88.8 cm³/mol. The van der Waals surface area contributed by atoms with E-state index in [1.54, 1.807) is 0 Å². The second-order valence-electron chi connectivity index (χ2n) is 7.24. The van der Waals surface area contributed by atoms with Crippen molar-refractivity contribution in [1.82, 2.24) is 5.32 Å². The van der Waals surface area contributed by atoms with Gasteiger partial charge in [0.15, 0.2) is 11.5 Å². The summed E-state index contributed by atoms with van der Waals surface area (Å²) in [7, 11) is 1.14. The first-order valence-electron chi connectivity index (χ1n) is 8.40. The molecule has 0 aromatic heterocycles. The number of aliphatic hydroxyl groups is 10. The number of methoxy groups -OCH3 is 1. The fourth-order valence-electron chi connectivity index (χ4n) is 3.47. The second-order valence-corrected chi connectivity index (χ2v) is 7.24. The van der Waals surface area contributed by atoms with E-state index in [0.717, 1.165) is 13.2 Å². The quantitative estimate of drug-likeness (QED) is 0.198. The maximum absolute atomic E-state index is 11.5. The summed E-state index contributed by atoms with van der Waals surface area (Å²) in [6, 6.07) is 3.48. The van der Waals surface area contributed by atoms with Gasteiger partial charge in [-0.25, -0.2) is 0 Å². The molecule has 3 rings (SSSR count). The van der Waals surface area contributed by atoms with E-state index in [-0.39, 0.29) is 17.7 Å². The fraction of sp³-hybridized carbons (Fsp3) is 0.562. The number of hydrogen-bond donors (Lipinski definition) is 11. The van der Waals surface area contributed by atoms with Crippen LogP contribution in [0, 0.1) is 0 Å². The number of amides is 1. The van der Waals surface area contributed by atoms with Crippen LogP contribution in [0.5, 0.6) is 11.5 Å². The number of benzene rings is 1. The smallest absolute Gasteiger partial charge is 0.284 e. The molecule has 2 aliphatic rings. The molecular weight excluding hydrogens is 414 g/mol. The Labute approximate surface area is 167 Å². The van der Waals surface area contributed by atoms with Crippen LogP contribution in [0.2, 0.25) is 0 Å². The molecule has 168 valence electrons. The van der Waals surface area contributed by atoms with Crippen molar-refractivity contribution < 1.29 is 65.3 Å². The first-order chi connectivity index (χ1) is 13.5. The highest BCUT2D eigenvalue weighted by Gasteiger charge is 2.85. The van der Waals surface area contributed by atoms with Crippen LogP contribution < -0.4 is 14.8 Å². The molecule has 14 heteroatoms. The minimum atomic E-state index is -4.29. The molecule has 1 aromatic rings. The van der Waals surface area contributed by atoms with Crippen molar-refractivity contribution in [3.05, 3.63) is 23.8 Å². The Kier molecular flexibility index (Phi) is 4.85. The van der Waals surface area contributed by atoms with Gasteiger partial charge in [-0.2, -0.15) is 0 Å². The molecule has 14 nitrogen and oxygen atoms in total. The van der Waals surface area contributed by atoms with E-state index in [2.05, 4.69) is 0 Å². The van der Waals surface area contributed by atoms with Crippen molar-refractivity contribution in [1.29, 1.82) is 0 Å². The van der Waals surface area contributed by atoms with Crippen LogP contribution in [-0.4, -0.2) is 99.2 Å². The highest BCUT2D eigenvalue weighted by molar-refractivity contribution is 5.80. The van der Waals surface area contributed by atoms with Crippen molar-refractivity contribution in [3.63, 3.8) is 0 Å². The minimum Gasteiger partial charge on any atom is -0.493 e. The van der Waals surface area contributed by atoms with Crippen LogP contribution >= 0.6 is 0 Å². The maximum atomic E-state index is 11.5. The summed E-state index contributed by atoms with van der Waals surface area (Å²) in [4.78, 5) is 11.5. The van der Waals surface area contributed by atoms with Crippen molar-refractivity contribution >= 4 is 5.91 Å². The average molecular weight is 435 g/mol. The van der Waals surface area contributed by atoms with Crippen LogP contribution in [-0.2, 0) is 4.79 Å². The van der Waals surface area contributed by atoms with Gasteiger partial charge in [-0.1, -0.05) is 6.07 Å². The van der Waals surface area contributed by atoms with Gasteiger partial charge >= 0.3 is 0 Å². The first-order valence-corrected chi connectivity index (χ1v) is 8.40. The van der Waals surface area contributed by atoms with Crippen LogP contribution in [0.15, 0.2) is 18.2 Å². The van der Waals surface area contributed by atoms with E-state index < -0.39 is 52.7 Å². The highest BCUT2D eigenvalue weighted by Crippen LogP contribution is 2.50. The zero-order valence-electron chi connectivity index (χ0n) is 15.3. The number of nitrogens with one attached hydrogen (secondary N) is 1. The second kappa shape index (κ2) is 6.44. The van der Waals surface area contributed by atoms with Crippen molar-refractivity contribution in [2.24, 2.45) is 0 Å². The Bertz CT molecular complexity index is 837. The van der Waals surface area contributed by atoms with Gasteiger partial charge in [0.2, 0.25) is 12.0 Å². The van der Waals surface area contributed by atoms with E-state index in [1.807, 2.05) is 5.32 Å². The van der Waals surface area contributed by atoms with Crippen LogP contribution in [0.4, 0.5) is 0 Å². The summed E-state index contributed by atoms with van der Waals surface area (Å²) in [5.41, 5.74) is 0.0358. The summed E-state index contributed by atoms with van der Waals surface area (Å²) in [6.45, 7) is 0. The number of rotatable bonds is 4. The number of carbonyl (C=O) groups excluding carboxylic acids is 1. The van der Waals surface area contributed by atoms with Crippen LogP contribution in [0.25, 0.3) is 0 Å².